The number of nitrogens with two attached hydrogens (primary N) is 1. The van der Waals surface area contributed by atoms with E-state index in [1.54, 1.807) is 36.5 Å². The molecule has 0 saturated heterocycles. The Morgan fingerprint density at radius 2 is 1.92 bits per heavy atom. The molecular formula is C16H11ClN4O2S. The van der Waals surface area contributed by atoms with E-state index >= 15 is 0 Å². The van der Waals surface area contributed by atoms with Crippen molar-refractivity contribution in [3.05, 3.63) is 59.2 Å². The number of rotatable bonds is 3. The maximum absolute atomic E-state index is 13.1. The standard InChI is InChI=1S/C16H11ClN4O2S/c17-10-6-7-13-12(8-10)15(14(21-13)16(19)20-9-18)24(22,23)11-4-2-1-3-5-11/h1-8,21H,(H2,19,20). The average Bonchev–Trinajstić information content (AvgIpc) is 2.95. The van der Waals surface area contributed by atoms with Crippen LogP contribution in [0.5, 0.6) is 0 Å². The molecule has 1 heterocycles. The van der Waals surface area contributed by atoms with Crippen LogP contribution >= 0.6 is 11.6 Å². The van der Waals surface area contributed by atoms with E-state index in [0.717, 1.165) is 0 Å². The Morgan fingerprint density at radius 1 is 1.21 bits per heavy atom. The van der Waals surface area contributed by atoms with E-state index in [2.05, 4.69) is 9.98 Å². The van der Waals surface area contributed by atoms with E-state index in [-0.39, 0.29) is 21.3 Å². The minimum atomic E-state index is -3.89. The van der Waals surface area contributed by atoms with Crippen LogP contribution in [0.2, 0.25) is 5.02 Å². The number of nitrogens with one attached hydrogen (secondary N) is 1. The van der Waals surface area contributed by atoms with Crippen molar-refractivity contribution in [2.45, 2.75) is 9.79 Å². The summed E-state index contributed by atoms with van der Waals surface area (Å²) in [5.41, 5.74) is 6.38. The van der Waals surface area contributed by atoms with Crippen molar-refractivity contribution < 1.29 is 8.42 Å². The van der Waals surface area contributed by atoms with Gasteiger partial charge >= 0.3 is 0 Å². The zero-order valence-electron chi connectivity index (χ0n) is 12.2. The van der Waals surface area contributed by atoms with E-state index in [1.807, 2.05) is 0 Å². The van der Waals surface area contributed by atoms with Gasteiger partial charge in [0.2, 0.25) is 16.0 Å². The van der Waals surface area contributed by atoms with Gasteiger partial charge in [-0.3, -0.25) is 0 Å². The molecular weight excluding hydrogens is 348 g/mol. The lowest BCUT2D eigenvalue weighted by molar-refractivity contribution is 0.597. The van der Waals surface area contributed by atoms with E-state index in [4.69, 9.17) is 22.6 Å². The highest BCUT2D eigenvalue weighted by Crippen LogP contribution is 2.33. The van der Waals surface area contributed by atoms with Crippen LogP contribution in [0, 0.1) is 11.5 Å². The van der Waals surface area contributed by atoms with Crippen LogP contribution < -0.4 is 5.73 Å². The molecule has 6 nitrogen and oxygen atoms in total. The fraction of sp³-hybridized carbons (Fsp3) is 0. The summed E-state index contributed by atoms with van der Waals surface area (Å²) in [5.74, 6) is -0.209. The van der Waals surface area contributed by atoms with Gasteiger partial charge in [0, 0.05) is 15.9 Å². The number of halogens is 1. The second-order valence-electron chi connectivity index (χ2n) is 4.93. The van der Waals surface area contributed by atoms with Crippen LogP contribution in [-0.4, -0.2) is 19.2 Å². The molecule has 0 amide bonds. The Hall–Kier alpha value is -2.82. The molecule has 24 heavy (non-hydrogen) atoms. The molecule has 0 bridgehead atoms. The molecule has 8 heteroatoms. The molecule has 0 spiro atoms. The Bertz CT molecular complexity index is 1100. The number of H-pyrrole nitrogens is 1. The van der Waals surface area contributed by atoms with E-state index in [9.17, 15) is 8.42 Å². The second kappa shape index (κ2) is 6.00. The van der Waals surface area contributed by atoms with E-state index in [0.29, 0.717) is 15.9 Å². The molecule has 0 aliphatic carbocycles. The normalized spacial score (nSPS) is 12.2. The molecule has 120 valence electrons. The van der Waals surface area contributed by atoms with Crippen molar-refractivity contribution in [3.8, 4) is 6.19 Å². The molecule has 3 N–H and O–H groups in total. The third-order valence-corrected chi connectivity index (χ3v) is 5.55. The first-order valence-corrected chi connectivity index (χ1v) is 8.65. The number of nitrogens with zero attached hydrogens (tertiary/aromatic N) is 2. The second-order valence-corrected chi connectivity index (χ2v) is 7.26. The minimum absolute atomic E-state index is 0.0531. The lowest BCUT2D eigenvalue weighted by Crippen LogP contribution is -2.17. The number of aromatic nitrogens is 1. The van der Waals surface area contributed by atoms with Crippen molar-refractivity contribution in [1.29, 1.82) is 5.26 Å². The highest BCUT2D eigenvalue weighted by Gasteiger charge is 2.28. The Kier molecular flexibility index (Phi) is 4.01. The highest BCUT2D eigenvalue weighted by molar-refractivity contribution is 7.91. The molecule has 0 saturated carbocycles. The molecule has 0 aliphatic heterocycles. The van der Waals surface area contributed by atoms with Crippen molar-refractivity contribution in [2.75, 3.05) is 0 Å². The fourth-order valence-electron chi connectivity index (χ4n) is 2.43. The van der Waals surface area contributed by atoms with Gasteiger partial charge < -0.3 is 10.7 Å². The van der Waals surface area contributed by atoms with Gasteiger partial charge in [-0.2, -0.15) is 10.3 Å². The largest absolute Gasteiger partial charge is 0.381 e. The van der Waals surface area contributed by atoms with Gasteiger partial charge in [0.15, 0.2) is 5.84 Å². The lowest BCUT2D eigenvalue weighted by Gasteiger charge is -2.06. The van der Waals surface area contributed by atoms with Gasteiger partial charge in [0.25, 0.3) is 0 Å². The van der Waals surface area contributed by atoms with E-state index < -0.39 is 9.84 Å². The van der Waals surface area contributed by atoms with Crippen molar-refractivity contribution >= 4 is 38.2 Å². The predicted octanol–water partition coefficient (Wildman–Crippen LogP) is 2.84. The summed E-state index contributed by atoms with van der Waals surface area (Å²) in [6.45, 7) is 0. The third kappa shape index (κ3) is 2.62. The van der Waals surface area contributed by atoms with Gasteiger partial charge in [-0.15, -0.1) is 0 Å². The van der Waals surface area contributed by atoms with Crippen LogP contribution in [-0.2, 0) is 9.84 Å². The summed E-state index contributed by atoms with van der Waals surface area (Å²) in [7, 11) is -3.89. The van der Waals surface area contributed by atoms with Crippen LogP contribution in [0.25, 0.3) is 10.9 Å². The van der Waals surface area contributed by atoms with Crippen LogP contribution in [0.15, 0.2) is 63.3 Å². The first-order chi connectivity index (χ1) is 11.4. The fourth-order valence-corrected chi connectivity index (χ4v) is 4.23. The maximum atomic E-state index is 13.1. The van der Waals surface area contributed by atoms with Crippen molar-refractivity contribution in [3.63, 3.8) is 0 Å². The molecule has 0 atom stereocenters. The number of nitriles is 1. The van der Waals surface area contributed by atoms with Crippen molar-refractivity contribution in [1.82, 2.24) is 4.98 Å². The predicted molar refractivity (Wildman–Crippen MR) is 91.5 cm³/mol. The molecule has 0 unspecified atom stereocenters. The van der Waals surface area contributed by atoms with Crippen LogP contribution in [0.4, 0.5) is 0 Å². The molecule has 2 aromatic carbocycles. The number of amidine groups is 1. The first kappa shape index (κ1) is 16.1. The number of aliphatic imine (C=N–C) groups is 1. The van der Waals surface area contributed by atoms with Crippen molar-refractivity contribution in [2.24, 2.45) is 10.7 Å². The topological polar surface area (TPSA) is 112 Å². The maximum Gasteiger partial charge on any atom is 0.209 e. The van der Waals surface area contributed by atoms with Gasteiger partial charge in [0.05, 0.1) is 4.90 Å². The van der Waals surface area contributed by atoms with E-state index in [1.165, 1.54) is 18.2 Å². The van der Waals surface area contributed by atoms with Crippen LogP contribution in [0.3, 0.4) is 0 Å². The number of aromatic amines is 1. The molecule has 3 rings (SSSR count). The molecule has 0 aliphatic rings. The van der Waals surface area contributed by atoms with Gasteiger partial charge in [-0.05, 0) is 30.3 Å². The van der Waals surface area contributed by atoms with Gasteiger partial charge in [-0.25, -0.2) is 8.42 Å². The van der Waals surface area contributed by atoms with Gasteiger partial charge in [-0.1, -0.05) is 29.8 Å². The number of hydrogen-bond acceptors (Lipinski definition) is 4. The number of benzene rings is 2. The number of sulfone groups is 1. The SMILES string of the molecule is N#CN=C(N)c1[nH]c2ccc(Cl)cc2c1S(=O)(=O)c1ccccc1. The summed E-state index contributed by atoms with van der Waals surface area (Å²) in [5, 5.41) is 9.50. The molecule has 0 fully saturated rings. The molecule has 0 radical (unpaired) electrons. The third-order valence-electron chi connectivity index (χ3n) is 3.46. The summed E-state index contributed by atoms with van der Waals surface area (Å²) in [4.78, 5) is 6.41. The monoisotopic (exact) mass is 358 g/mol. The smallest absolute Gasteiger partial charge is 0.209 e. The van der Waals surface area contributed by atoms with Gasteiger partial charge in [0.1, 0.15) is 10.6 Å². The molecule has 1 aromatic heterocycles. The minimum Gasteiger partial charge on any atom is -0.381 e. The zero-order valence-corrected chi connectivity index (χ0v) is 13.8. The number of hydrogen-bond donors (Lipinski definition) is 2. The Balaban J connectivity index is 2.41. The summed E-state index contributed by atoms with van der Waals surface area (Å²) >= 11 is 6.01. The first-order valence-electron chi connectivity index (χ1n) is 6.79. The molecule has 3 aromatic rings. The Labute approximate surface area is 143 Å². The van der Waals surface area contributed by atoms with Crippen LogP contribution in [0.1, 0.15) is 5.69 Å². The lowest BCUT2D eigenvalue weighted by atomic mass is 10.2. The number of fused-ring (bicyclic) bond motifs is 1. The summed E-state index contributed by atoms with van der Waals surface area (Å²) in [6, 6.07) is 12.7. The highest BCUT2D eigenvalue weighted by atomic mass is 35.5. The Morgan fingerprint density at radius 3 is 2.58 bits per heavy atom. The zero-order chi connectivity index (χ0) is 17.3. The summed E-state index contributed by atoms with van der Waals surface area (Å²) < 4.78 is 26.2. The average molecular weight is 359 g/mol. The summed E-state index contributed by atoms with van der Waals surface area (Å²) in [6.07, 6.45) is 1.56. The quantitative estimate of drug-likeness (QED) is 0.426.